The van der Waals surface area contributed by atoms with Crippen LogP contribution >= 0.6 is 12.2 Å². The lowest BCUT2D eigenvalue weighted by Gasteiger charge is -2.23. The van der Waals surface area contributed by atoms with E-state index in [0.717, 1.165) is 0 Å². The zero-order chi connectivity index (χ0) is 20.5. The van der Waals surface area contributed by atoms with Gasteiger partial charge in [0.15, 0.2) is 0 Å². The van der Waals surface area contributed by atoms with Crippen LogP contribution in [0, 0.1) is 5.82 Å². The second-order valence-electron chi connectivity index (χ2n) is 6.89. The Bertz CT molecular complexity index is 929. The Labute approximate surface area is 172 Å². The molecule has 1 saturated heterocycles. The molecule has 9 nitrogen and oxygen atoms in total. The van der Waals surface area contributed by atoms with Crippen LogP contribution in [0.1, 0.15) is 0 Å². The number of halogens is 1. The van der Waals surface area contributed by atoms with Crippen LogP contribution in [0.25, 0.3) is 0 Å². The Hall–Kier alpha value is -2.95. The number of hydrogen-bond acceptors (Lipinski definition) is 6. The molecule has 2 aliphatic rings. The molecule has 29 heavy (non-hydrogen) atoms. The summed E-state index contributed by atoms with van der Waals surface area (Å²) in [6.45, 7) is 3.02. The van der Waals surface area contributed by atoms with E-state index in [0.29, 0.717) is 44.1 Å². The number of carbonyl (C=O) groups is 1. The number of rotatable bonds is 4. The molecule has 1 fully saturated rings. The van der Waals surface area contributed by atoms with Gasteiger partial charge in [0.1, 0.15) is 11.9 Å². The van der Waals surface area contributed by atoms with Crippen molar-refractivity contribution in [1.82, 2.24) is 14.7 Å². The van der Waals surface area contributed by atoms with Gasteiger partial charge in [-0.15, -0.1) is 0 Å². The minimum atomic E-state index is -0.527. The van der Waals surface area contributed by atoms with Crippen molar-refractivity contribution >= 4 is 34.9 Å². The first-order chi connectivity index (χ1) is 14.0. The minimum Gasteiger partial charge on any atom is -0.492 e. The van der Waals surface area contributed by atoms with Gasteiger partial charge in [-0.3, -0.25) is 14.3 Å². The predicted molar refractivity (Wildman–Crippen MR) is 108 cm³/mol. The average molecular weight is 423 g/mol. The SMILES string of the molecule is COC(=S)NC[C@H]1CN(c2ccc(N3CCn4cc(O)n4CC3)c(F)c2)C(=O)O1. The van der Waals surface area contributed by atoms with Crippen molar-refractivity contribution in [2.24, 2.45) is 0 Å². The highest BCUT2D eigenvalue weighted by atomic mass is 32.1. The number of benzene rings is 1. The van der Waals surface area contributed by atoms with E-state index < -0.39 is 18.0 Å². The third-order valence-corrected chi connectivity index (χ3v) is 5.45. The van der Waals surface area contributed by atoms with E-state index in [1.54, 1.807) is 23.0 Å². The number of aromatic hydroxyl groups is 1. The summed E-state index contributed by atoms with van der Waals surface area (Å²) in [5.74, 6) is -0.181. The first-order valence-corrected chi connectivity index (χ1v) is 9.66. The second-order valence-corrected chi connectivity index (χ2v) is 7.26. The Kier molecular flexibility index (Phi) is 5.22. The van der Waals surface area contributed by atoms with Crippen LogP contribution < -0.4 is 15.1 Å². The largest absolute Gasteiger partial charge is 0.492 e. The summed E-state index contributed by atoms with van der Waals surface area (Å²) in [6, 6.07) is 4.74. The molecule has 1 atom stereocenters. The summed E-state index contributed by atoms with van der Waals surface area (Å²) in [4.78, 5) is 15.5. The maximum atomic E-state index is 14.9. The first-order valence-electron chi connectivity index (χ1n) is 9.25. The molecule has 0 unspecified atom stereocenters. The lowest BCUT2D eigenvalue weighted by molar-refractivity contribution is 0.142. The van der Waals surface area contributed by atoms with Crippen molar-refractivity contribution in [2.75, 3.05) is 43.1 Å². The van der Waals surface area contributed by atoms with Crippen molar-refractivity contribution < 1.29 is 23.8 Å². The summed E-state index contributed by atoms with van der Waals surface area (Å²) < 4.78 is 28.7. The van der Waals surface area contributed by atoms with Crippen molar-refractivity contribution in [3.05, 3.63) is 30.2 Å². The molecule has 0 radical (unpaired) electrons. The van der Waals surface area contributed by atoms with Crippen molar-refractivity contribution in [3.63, 3.8) is 0 Å². The molecule has 1 aromatic heterocycles. The van der Waals surface area contributed by atoms with Crippen LogP contribution in [-0.2, 0) is 22.6 Å². The fraction of sp³-hybridized carbons (Fsp3) is 0.444. The van der Waals surface area contributed by atoms with E-state index >= 15 is 0 Å². The highest BCUT2D eigenvalue weighted by Gasteiger charge is 2.33. The number of hydrogen-bond donors (Lipinski definition) is 2. The molecule has 156 valence electrons. The predicted octanol–water partition coefficient (Wildman–Crippen LogP) is 1.50. The summed E-state index contributed by atoms with van der Waals surface area (Å²) in [5.41, 5.74) is 0.905. The molecule has 3 heterocycles. The van der Waals surface area contributed by atoms with Gasteiger partial charge in [0.25, 0.3) is 5.17 Å². The van der Waals surface area contributed by atoms with Gasteiger partial charge in [-0.2, -0.15) is 0 Å². The fourth-order valence-corrected chi connectivity index (χ4v) is 3.68. The van der Waals surface area contributed by atoms with Gasteiger partial charge in [-0.25, -0.2) is 9.18 Å². The molecule has 1 aromatic carbocycles. The maximum absolute atomic E-state index is 14.9. The Morgan fingerprint density at radius 3 is 2.90 bits per heavy atom. The van der Waals surface area contributed by atoms with Crippen LogP contribution in [0.2, 0.25) is 0 Å². The van der Waals surface area contributed by atoms with Gasteiger partial charge >= 0.3 is 6.09 Å². The van der Waals surface area contributed by atoms with Crippen molar-refractivity contribution in [1.29, 1.82) is 0 Å². The van der Waals surface area contributed by atoms with E-state index in [2.05, 4.69) is 5.32 Å². The van der Waals surface area contributed by atoms with Gasteiger partial charge in [0.05, 0.1) is 50.9 Å². The lowest BCUT2D eigenvalue weighted by atomic mass is 10.2. The summed E-state index contributed by atoms with van der Waals surface area (Å²) in [5, 5.41) is 12.7. The molecular formula is C18H22FN5O4S. The maximum Gasteiger partial charge on any atom is 0.414 e. The Morgan fingerprint density at radius 2 is 2.17 bits per heavy atom. The summed E-state index contributed by atoms with van der Waals surface area (Å²) in [6.07, 6.45) is 0.718. The standard InChI is InChI=1S/C18H22FN5O4S/c1-27-17(29)20-9-13-10-23(18(26)28-13)12-2-3-15(14(19)8-12)21-4-6-22-11-16(25)24(22)7-5-21/h2-3,8,11,13,25H,4-7,9-10H2,1H3,(H,20,29)/t13-/m0/s1. The molecule has 4 rings (SSSR count). The first kappa shape index (κ1) is 19.4. The smallest absolute Gasteiger partial charge is 0.414 e. The fourth-order valence-electron chi connectivity index (χ4n) is 3.59. The number of nitrogens with one attached hydrogen (secondary N) is 1. The number of ether oxygens (including phenoxy) is 2. The molecule has 0 spiro atoms. The van der Waals surface area contributed by atoms with Gasteiger partial charge in [-0.1, -0.05) is 0 Å². The molecule has 2 aromatic rings. The number of thiocarbonyl (C=S) groups is 1. The third-order valence-electron chi connectivity index (χ3n) is 5.14. The number of nitrogens with zero attached hydrogens (tertiary/aromatic N) is 4. The molecule has 11 heteroatoms. The van der Waals surface area contributed by atoms with Crippen LogP contribution in [-0.4, -0.2) is 65.1 Å². The monoisotopic (exact) mass is 423 g/mol. The molecule has 2 aliphatic heterocycles. The van der Waals surface area contributed by atoms with Crippen LogP contribution in [0.3, 0.4) is 0 Å². The zero-order valence-corrected chi connectivity index (χ0v) is 16.7. The topological polar surface area (TPSA) is 84.1 Å². The second kappa shape index (κ2) is 7.82. The number of anilines is 2. The highest BCUT2D eigenvalue weighted by molar-refractivity contribution is 7.80. The number of fused-ring (bicyclic) bond motifs is 1. The number of methoxy groups -OCH3 is 1. The molecule has 0 saturated carbocycles. The normalized spacial score (nSPS) is 19.0. The van der Waals surface area contributed by atoms with E-state index in [1.165, 1.54) is 18.1 Å². The summed E-state index contributed by atoms with van der Waals surface area (Å²) >= 11 is 4.91. The van der Waals surface area contributed by atoms with Crippen molar-refractivity contribution in [3.8, 4) is 5.88 Å². The third kappa shape index (κ3) is 3.82. The van der Waals surface area contributed by atoms with E-state index in [1.807, 2.05) is 9.58 Å². The van der Waals surface area contributed by atoms with Gasteiger partial charge in [0.2, 0.25) is 5.88 Å². The Balaban J connectivity index is 1.42. The van der Waals surface area contributed by atoms with Crippen LogP contribution in [0.15, 0.2) is 24.4 Å². The van der Waals surface area contributed by atoms with E-state index in [9.17, 15) is 14.3 Å². The van der Waals surface area contributed by atoms with Gasteiger partial charge in [0, 0.05) is 13.1 Å². The van der Waals surface area contributed by atoms with Gasteiger partial charge < -0.3 is 24.8 Å². The molecule has 2 N–H and O–H groups in total. The Morgan fingerprint density at radius 1 is 1.38 bits per heavy atom. The number of carbonyl (C=O) groups excluding carboxylic acids is 1. The minimum absolute atomic E-state index is 0.219. The molecule has 0 aliphatic carbocycles. The van der Waals surface area contributed by atoms with Gasteiger partial charge in [-0.05, 0) is 30.4 Å². The molecule has 1 amide bonds. The van der Waals surface area contributed by atoms with Crippen LogP contribution in [0.4, 0.5) is 20.6 Å². The average Bonchev–Trinajstić information content (AvgIpc) is 2.98. The van der Waals surface area contributed by atoms with Crippen molar-refractivity contribution in [2.45, 2.75) is 19.2 Å². The highest BCUT2D eigenvalue weighted by Crippen LogP contribution is 2.29. The van der Waals surface area contributed by atoms with E-state index in [-0.39, 0.29) is 17.6 Å². The van der Waals surface area contributed by atoms with Crippen LogP contribution in [0.5, 0.6) is 5.88 Å². The zero-order valence-electron chi connectivity index (χ0n) is 15.9. The number of cyclic esters (lactones) is 1. The quantitative estimate of drug-likeness (QED) is 0.721. The molecular weight excluding hydrogens is 401 g/mol. The van der Waals surface area contributed by atoms with E-state index in [4.69, 9.17) is 21.7 Å². The lowest BCUT2D eigenvalue weighted by Crippen LogP contribution is -2.34. The summed E-state index contributed by atoms with van der Waals surface area (Å²) in [7, 11) is 1.45. The number of aromatic nitrogens is 2. The number of amides is 1. The molecule has 0 bridgehead atoms.